The first-order chi connectivity index (χ1) is 15.9. The molecule has 176 valence electrons. The lowest BCUT2D eigenvalue weighted by molar-refractivity contribution is 0.0376. The molecule has 0 aliphatic carbocycles. The third kappa shape index (κ3) is 5.43. The Morgan fingerprint density at radius 3 is 2.67 bits per heavy atom. The number of fused-ring (bicyclic) bond motifs is 1. The number of carbonyl (C=O) groups excluding carboxylic acids is 1. The molecule has 33 heavy (non-hydrogen) atoms. The lowest BCUT2D eigenvalue weighted by atomic mass is 10.2. The van der Waals surface area contributed by atoms with E-state index in [1.54, 1.807) is 30.0 Å². The Morgan fingerprint density at radius 1 is 1.18 bits per heavy atom. The van der Waals surface area contributed by atoms with Crippen LogP contribution < -0.4 is 4.90 Å². The second kappa shape index (κ2) is 10.3. The predicted molar refractivity (Wildman–Crippen MR) is 132 cm³/mol. The number of thiazole rings is 1. The molecule has 1 aliphatic rings. The Labute approximate surface area is 198 Å². The van der Waals surface area contributed by atoms with Gasteiger partial charge in [0.15, 0.2) is 15.0 Å². The summed E-state index contributed by atoms with van der Waals surface area (Å²) in [5.41, 5.74) is 2.31. The van der Waals surface area contributed by atoms with Gasteiger partial charge in [-0.1, -0.05) is 36.5 Å². The van der Waals surface area contributed by atoms with Gasteiger partial charge in [0.2, 0.25) is 0 Å². The molecule has 9 heteroatoms. The zero-order valence-electron chi connectivity index (χ0n) is 19.0. The van der Waals surface area contributed by atoms with E-state index in [9.17, 15) is 13.2 Å². The number of nitrogens with zero attached hydrogens (tertiary/aromatic N) is 3. The average molecular weight is 488 g/mol. The number of sulfone groups is 1. The number of carbonyl (C=O) groups is 1. The van der Waals surface area contributed by atoms with E-state index in [4.69, 9.17) is 9.72 Å². The minimum atomic E-state index is -3.40. The molecule has 1 amide bonds. The van der Waals surface area contributed by atoms with Crippen LogP contribution in [0.3, 0.4) is 0 Å². The van der Waals surface area contributed by atoms with E-state index >= 15 is 0 Å². The van der Waals surface area contributed by atoms with Gasteiger partial charge in [-0.2, -0.15) is 0 Å². The van der Waals surface area contributed by atoms with Gasteiger partial charge >= 0.3 is 0 Å². The summed E-state index contributed by atoms with van der Waals surface area (Å²) in [4.78, 5) is 22.6. The molecule has 0 spiro atoms. The highest BCUT2D eigenvalue weighted by Gasteiger charge is 2.23. The van der Waals surface area contributed by atoms with E-state index in [-0.39, 0.29) is 16.6 Å². The van der Waals surface area contributed by atoms with Crippen LogP contribution in [0.15, 0.2) is 47.4 Å². The van der Waals surface area contributed by atoms with Gasteiger partial charge in [-0.05, 0) is 43.2 Å². The highest BCUT2D eigenvalue weighted by atomic mass is 32.2. The molecule has 0 unspecified atom stereocenters. The number of benzene rings is 2. The topological polar surface area (TPSA) is 79.8 Å². The number of amides is 1. The maximum absolute atomic E-state index is 13.6. The van der Waals surface area contributed by atoms with Gasteiger partial charge in [-0.3, -0.25) is 14.6 Å². The maximum Gasteiger partial charge on any atom is 0.260 e. The third-order valence-electron chi connectivity index (χ3n) is 5.87. The van der Waals surface area contributed by atoms with Gasteiger partial charge in [-0.15, -0.1) is 0 Å². The third-order valence-corrected chi connectivity index (χ3v) is 8.64. The van der Waals surface area contributed by atoms with Crippen molar-refractivity contribution < 1.29 is 17.9 Å². The van der Waals surface area contributed by atoms with E-state index in [2.05, 4.69) is 4.90 Å². The van der Waals surface area contributed by atoms with Crippen LogP contribution in [0.5, 0.6) is 0 Å². The van der Waals surface area contributed by atoms with Gasteiger partial charge in [0, 0.05) is 31.7 Å². The summed E-state index contributed by atoms with van der Waals surface area (Å²) < 4.78 is 31.2. The zero-order valence-corrected chi connectivity index (χ0v) is 20.6. The second-order valence-electron chi connectivity index (χ2n) is 8.11. The van der Waals surface area contributed by atoms with Crippen molar-refractivity contribution in [1.29, 1.82) is 0 Å². The standard InChI is InChI=1S/C24H29N3O4S2/c1-3-33(29,30)20-9-5-8-19(17-20)23(28)27(12-6-11-26-13-15-31-16-14-26)24-25-22-18(2)7-4-10-21(22)32-24/h4-5,7-10,17H,3,6,11-16H2,1-2H3. The molecule has 1 saturated heterocycles. The molecule has 7 nitrogen and oxygen atoms in total. The summed E-state index contributed by atoms with van der Waals surface area (Å²) >= 11 is 1.48. The van der Waals surface area contributed by atoms with Gasteiger partial charge in [0.1, 0.15) is 0 Å². The Bertz CT molecular complexity index is 1230. The fourth-order valence-electron chi connectivity index (χ4n) is 3.90. The molecule has 4 rings (SSSR count). The van der Waals surface area contributed by atoms with Crippen molar-refractivity contribution in [3.05, 3.63) is 53.6 Å². The lowest BCUT2D eigenvalue weighted by Gasteiger charge is -2.27. The van der Waals surface area contributed by atoms with Crippen LogP contribution in [-0.4, -0.2) is 69.4 Å². The number of anilines is 1. The molecule has 0 saturated carbocycles. The van der Waals surface area contributed by atoms with Gasteiger partial charge in [0.25, 0.3) is 5.91 Å². The molecule has 1 fully saturated rings. The summed E-state index contributed by atoms with van der Waals surface area (Å²) in [6.07, 6.45) is 0.785. The number of ether oxygens (including phenoxy) is 1. The molecular weight excluding hydrogens is 458 g/mol. The summed E-state index contributed by atoms with van der Waals surface area (Å²) in [6.45, 7) is 8.23. The molecule has 1 aliphatic heterocycles. The number of rotatable bonds is 8. The number of morpholine rings is 1. The summed E-state index contributed by atoms with van der Waals surface area (Å²) in [5.74, 6) is -0.243. The highest BCUT2D eigenvalue weighted by molar-refractivity contribution is 7.91. The fourth-order valence-corrected chi connectivity index (χ4v) is 5.89. The Hall–Kier alpha value is -2.33. The first-order valence-electron chi connectivity index (χ1n) is 11.2. The quantitative estimate of drug-likeness (QED) is 0.481. The van der Waals surface area contributed by atoms with Gasteiger partial charge in [0.05, 0.1) is 34.1 Å². The second-order valence-corrected chi connectivity index (χ2v) is 11.4. The predicted octanol–water partition coefficient (Wildman–Crippen LogP) is 3.77. The molecule has 0 bridgehead atoms. The first kappa shape index (κ1) is 23.8. The molecule has 2 heterocycles. The average Bonchev–Trinajstić information content (AvgIpc) is 3.27. The van der Waals surface area contributed by atoms with Crippen LogP contribution in [0.1, 0.15) is 29.3 Å². The SMILES string of the molecule is CCS(=O)(=O)c1cccc(C(=O)N(CCCN2CCOCC2)c2nc3c(C)cccc3s2)c1. The summed E-state index contributed by atoms with van der Waals surface area (Å²) in [5, 5.41) is 0.634. The lowest BCUT2D eigenvalue weighted by Crippen LogP contribution is -2.39. The van der Waals surface area contributed by atoms with E-state index in [1.807, 2.05) is 25.1 Å². The van der Waals surface area contributed by atoms with Crippen molar-refractivity contribution in [2.45, 2.75) is 25.2 Å². The number of para-hydroxylation sites is 1. The van der Waals surface area contributed by atoms with Crippen LogP contribution in [0, 0.1) is 6.92 Å². The molecule has 2 aromatic carbocycles. The minimum absolute atomic E-state index is 0.00888. The van der Waals surface area contributed by atoms with Crippen LogP contribution in [0.4, 0.5) is 5.13 Å². The number of hydrogen-bond acceptors (Lipinski definition) is 7. The van der Waals surface area contributed by atoms with E-state index in [0.29, 0.717) is 17.2 Å². The Balaban J connectivity index is 1.63. The van der Waals surface area contributed by atoms with Crippen LogP contribution in [-0.2, 0) is 14.6 Å². The monoisotopic (exact) mass is 487 g/mol. The zero-order chi connectivity index (χ0) is 23.4. The van der Waals surface area contributed by atoms with Crippen molar-refractivity contribution in [3.63, 3.8) is 0 Å². The van der Waals surface area contributed by atoms with Crippen molar-refractivity contribution in [2.75, 3.05) is 50.0 Å². The van der Waals surface area contributed by atoms with E-state index in [1.165, 1.54) is 17.4 Å². The Kier molecular flexibility index (Phi) is 7.43. The van der Waals surface area contributed by atoms with Crippen LogP contribution >= 0.6 is 11.3 Å². The van der Waals surface area contributed by atoms with Crippen LogP contribution in [0.25, 0.3) is 10.2 Å². The molecule has 3 aromatic rings. The smallest absolute Gasteiger partial charge is 0.260 e. The highest BCUT2D eigenvalue weighted by Crippen LogP contribution is 2.31. The van der Waals surface area contributed by atoms with Crippen molar-refractivity contribution in [2.24, 2.45) is 0 Å². The van der Waals surface area contributed by atoms with Gasteiger partial charge in [-0.25, -0.2) is 13.4 Å². The molecule has 0 N–H and O–H groups in total. The first-order valence-corrected chi connectivity index (χ1v) is 13.7. The minimum Gasteiger partial charge on any atom is -0.379 e. The fraction of sp³-hybridized carbons (Fsp3) is 0.417. The van der Waals surface area contributed by atoms with E-state index in [0.717, 1.165) is 55.0 Å². The number of aromatic nitrogens is 1. The molecule has 0 atom stereocenters. The molecule has 1 aromatic heterocycles. The van der Waals surface area contributed by atoms with Crippen molar-refractivity contribution in [3.8, 4) is 0 Å². The maximum atomic E-state index is 13.6. The van der Waals surface area contributed by atoms with Crippen molar-refractivity contribution in [1.82, 2.24) is 9.88 Å². The molecular formula is C24H29N3O4S2. The largest absolute Gasteiger partial charge is 0.379 e. The summed E-state index contributed by atoms with van der Waals surface area (Å²) in [6, 6.07) is 12.3. The number of hydrogen-bond donors (Lipinski definition) is 0. The molecule has 0 radical (unpaired) electrons. The van der Waals surface area contributed by atoms with E-state index < -0.39 is 9.84 Å². The van der Waals surface area contributed by atoms with Crippen molar-refractivity contribution >= 4 is 42.4 Å². The summed E-state index contributed by atoms with van der Waals surface area (Å²) in [7, 11) is -3.40. The normalized spacial score (nSPS) is 15.1. The number of aryl methyl sites for hydroxylation is 1. The van der Waals surface area contributed by atoms with Gasteiger partial charge < -0.3 is 4.74 Å². The van der Waals surface area contributed by atoms with Crippen LogP contribution in [0.2, 0.25) is 0 Å². The Morgan fingerprint density at radius 2 is 1.94 bits per heavy atom.